The van der Waals surface area contributed by atoms with Crippen LogP contribution in [0.3, 0.4) is 0 Å². The second-order valence-electron chi connectivity index (χ2n) is 2.65. The monoisotopic (exact) mass is 160 g/mol. The van der Waals surface area contributed by atoms with E-state index < -0.39 is 0 Å². The Bertz CT molecular complexity index is 70.0. The van der Waals surface area contributed by atoms with Crippen molar-refractivity contribution >= 4 is 0 Å². The number of rotatable bonds is 7. The summed E-state index contributed by atoms with van der Waals surface area (Å²) in [5, 5.41) is 0. The molecule has 0 radical (unpaired) electrons. The Morgan fingerprint density at radius 2 is 1.91 bits per heavy atom. The molecule has 11 heavy (non-hydrogen) atoms. The van der Waals surface area contributed by atoms with E-state index >= 15 is 0 Å². The minimum atomic E-state index is 0.00635. The molecular weight excluding hydrogens is 140 g/mol. The molecule has 0 aliphatic rings. The first-order valence-electron chi connectivity index (χ1n) is 4.49. The summed E-state index contributed by atoms with van der Waals surface area (Å²) in [5.74, 6) is 0. The predicted octanol–water partition coefficient (Wildman–Crippen LogP) is 2.58. The van der Waals surface area contributed by atoms with Gasteiger partial charge in [-0.05, 0) is 12.8 Å². The Labute approximate surface area is 69.9 Å². The van der Waals surface area contributed by atoms with Gasteiger partial charge in [-0.15, -0.1) is 0 Å². The zero-order valence-corrected chi connectivity index (χ0v) is 7.93. The van der Waals surface area contributed by atoms with Gasteiger partial charge in [-0.3, -0.25) is 0 Å². The molecule has 0 aromatic carbocycles. The SMILES string of the molecule is CCCCCOC(CC)OC. The van der Waals surface area contributed by atoms with Gasteiger partial charge >= 0.3 is 0 Å². The van der Waals surface area contributed by atoms with E-state index in [9.17, 15) is 0 Å². The van der Waals surface area contributed by atoms with Crippen LogP contribution < -0.4 is 0 Å². The van der Waals surface area contributed by atoms with Crippen LogP contribution in [-0.2, 0) is 9.47 Å². The van der Waals surface area contributed by atoms with Crippen molar-refractivity contribution in [3.05, 3.63) is 0 Å². The lowest BCUT2D eigenvalue weighted by Gasteiger charge is -2.13. The van der Waals surface area contributed by atoms with Crippen LogP contribution >= 0.6 is 0 Å². The molecule has 2 heteroatoms. The first kappa shape index (κ1) is 10.9. The van der Waals surface area contributed by atoms with Gasteiger partial charge in [-0.1, -0.05) is 26.7 Å². The van der Waals surface area contributed by atoms with Crippen molar-refractivity contribution in [2.75, 3.05) is 13.7 Å². The summed E-state index contributed by atoms with van der Waals surface area (Å²) in [6.45, 7) is 5.09. The van der Waals surface area contributed by atoms with Crippen LogP contribution in [0.4, 0.5) is 0 Å². The third-order valence-corrected chi connectivity index (χ3v) is 1.65. The zero-order chi connectivity index (χ0) is 8.53. The smallest absolute Gasteiger partial charge is 0.156 e. The highest BCUT2D eigenvalue weighted by atomic mass is 16.7. The van der Waals surface area contributed by atoms with E-state index in [0.717, 1.165) is 19.4 Å². The Balaban J connectivity index is 3.07. The Kier molecular flexibility index (Phi) is 7.96. The zero-order valence-electron chi connectivity index (χ0n) is 7.93. The fourth-order valence-electron chi connectivity index (χ4n) is 0.919. The summed E-state index contributed by atoms with van der Waals surface area (Å²) in [6, 6.07) is 0. The number of ether oxygens (including phenoxy) is 2. The molecule has 0 rings (SSSR count). The summed E-state index contributed by atoms with van der Waals surface area (Å²) >= 11 is 0. The fraction of sp³-hybridized carbons (Fsp3) is 1.00. The van der Waals surface area contributed by atoms with Gasteiger partial charge in [0.05, 0.1) is 0 Å². The molecule has 0 spiro atoms. The number of unbranched alkanes of at least 4 members (excludes halogenated alkanes) is 2. The molecule has 0 aromatic rings. The summed E-state index contributed by atoms with van der Waals surface area (Å²) < 4.78 is 10.5. The normalized spacial score (nSPS) is 13.4. The Morgan fingerprint density at radius 1 is 1.18 bits per heavy atom. The van der Waals surface area contributed by atoms with Gasteiger partial charge in [0.2, 0.25) is 0 Å². The molecule has 0 aliphatic carbocycles. The van der Waals surface area contributed by atoms with Crippen LogP contribution in [0.5, 0.6) is 0 Å². The van der Waals surface area contributed by atoms with Crippen molar-refractivity contribution in [2.24, 2.45) is 0 Å². The van der Waals surface area contributed by atoms with E-state index in [0.29, 0.717) is 0 Å². The maximum atomic E-state index is 5.42. The second-order valence-corrected chi connectivity index (χ2v) is 2.65. The van der Waals surface area contributed by atoms with Gasteiger partial charge in [-0.25, -0.2) is 0 Å². The number of hydrogen-bond acceptors (Lipinski definition) is 2. The summed E-state index contributed by atoms with van der Waals surface area (Å²) in [7, 11) is 1.69. The van der Waals surface area contributed by atoms with Gasteiger partial charge in [0.1, 0.15) is 0 Å². The lowest BCUT2D eigenvalue weighted by Crippen LogP contribution is -2.14. The average Bonchev–Trinajstić information content (AvgIpc) is 2.05. The lowest BCUT2D eigenvalue weighted by molar-refractivity contribution is -0.125. The molecule has 0 aliphatic heterocycles. The van der Waals surface area contributed by atoms with Crippen LogP contribution in [-0.4, -0.2) is 20.0 Å². The minimum Gasteiger partial charge on any atom is -0.356 e. The molecule has 2 nitrogen and oxygen atoms in total. The molecule has 0 fully saturated rings. The highest BCUT2D eigenvalue weighted by Crippen LogP contribution is 2.01. The van der Waals surface area contributed by atoms with E-state index in [1.165, 1.54) is 12.8 Å². The van der Waals surface area contributed by atoms with E-state index in [2.05, 4.69) is 13.8 Å². The molecule has 0 saturated heterocycles. The average molecular weight is 160 g/mol. The molecule has 68 valence electrons. The molecule has 0 bridgehead atoms. The highest BCUT2D eigenvalue weighted by Gasteiger charge is 2.01. The first-order valence-corrected chi connectivity index (χ1v) is 4.49. The van der Waals surface area contributed by atoms with Crippen molar-refractivity contribution in [3.63, 3.8) is 0 Å². The molecule has 0 heterocycles. The summed E-state index contributed by atoms with van der Waals surface area (Å²) in [4.78, 5) is 0. The van der Waals surface area contributed by atoms with Crippen LogP contribution in [0.25, 0.3) is 0 Å². The van der Waals surface area contributed by atoms with Gasteiger partial charge in [0, 0.05) is 13.7 Å². The quantitative estimate of drug-likeness (QED) is 0.421. The van der Waals surface area contributed by atoms with Gasteiger partial charge in [-0.2, -0.15) is 0 Å². The predicted molar refractivity (Wildman–Crippen MR) is 46.6 cm³/mol. The molecule has 0 saturated carbocycles. The largest absolute Gasteiger partial charge is 0.356 e. The van der Waals surface area contributed by atoms with Crippen molar-refractivity contribution in [2.45, 2.75) is 45.8 Å². The highest BCUT2D eigenvalue weighted by molar-refractivity contribution is 4.40. The Morgan fingerprint density at radius 3 is 2.36 bits per heavy atom. The van der Waals surface area contributed by atoms with E-state index in [-0.39, 0.29) is 6.29 Å². The molecule has 1 atom stereocenters. The standard InChI is InChI=1S/C9H20O2/c1-4-6-7-8-11-9(5-2)10-3/h9H,4-8H2,1-3H3. The van der Waals surface area contributed by atoms with Crippen LogP contribution in [0, 0.1) is 0 Å². The van der Waals surface area contributed by atoms with Crippen LogP contribution in [0.15, 0.2) is 0 Å². The number of hydrogen-bond donors (Lipinski definition) is 0. The van der Waals surface area contributed by atoms with Crippen LogP contribution in [0.1, 0.15) is 39.5 Å². The molecule has 0 amide bonds. The van der Waals surface area contributed by atoms with Crippen molar-refractivity contribution in [1.29, 1.82) is 0 Å². The molecule has 0 aromatic heterocycles. The number of methoxy groups -OCH3 is 1. The lowest BCUT2D eigenvalue weighted by atomic mass is 10.3. The first-order chi connectivity index (χ1) is 5.35. The van der Waals surface area contributed by atoms with Crippen LogP contribution in [0.2, 0.25) is 0 Å². The third-order valence-electron chi connectivity index (χ3n) is 1.65. The van der Waals surface area contributed by atoms with Gasteiger partial charge in [0.15, 0.2) is 6.29 Å². The minimum absolute atomic E-state index is 0.00635. The van der Waals surface area contributed by atoms with E-state index in [4.69, 9.17) is 9.47 Å². The summed E-state index contributed by atoms with van der Waals surface area (Å²) in [5.41, 5.74) is 0. The molecule has 1 unspecified atom stereocenters. The molecule has 0 N–H and O–H groups in total. The van der Waals surface area contributed by atoms with Crippen molar-refractivity contribution < 1.29 is 9.47 Å². The van der Waals surface area contributed by atoms with E-state index in [1.807, 2.05) is 0 Å². The van der Waals surface area contributed by atoms with E-state index in [1.54, 1.807) is 7.11 Å². The fourth-order valence-corrected chi connectivity index (χ4v) is 0.919. The van der Waals surface area contributed by atoms with Gasteiger partial charge in [0.25, 0.3) is 0 Å². The maximum Gasteiger partial charge on any atom is 0.156 e. The second kappa shape index (κ2) is 8.02. The topological polar surface area (TPSA) is 18.5 Å². The third kappa shape index (κ3) is 6.32. The summed E-state index contributed by atoms with van der Waals surface area (Å²) in [6.07, 6.45) is 4.58. The van der Waals surface area contributed by atoms with Crippen molar-refractivity contribution in [3.8, 4) is 0 Å². The van der Waals surface area contributed by atoms with Crippen molar-refractivity contribution in [1.82, 2.24) is 0 Å². The van der Waals surface area contributed by atoms with Gasteiger partial charge < -0.3 is 9.47 Å². The molecular formula is C9H20O2. The Hall–Kier alpha value is -0.0800. The maximum absolute atomic E-state index is 5.42.